The summed E-state index contributed by atoms with van der Waals surface area (Å²) < 4.78 is 2.46. The average Bonchev–Trinajstić information content (AvgIpc) is 3.88. The normalized spacial score (nSPS) is 15.6. The van der Waals surface area contributed by atoms with E-state index in [2.05, 4.69) is 240 Å². The van der Waals surface area contributed by atoms with E-state index >= 15 is 0 Å². The fourth-order valence-corrected chi connectivity index (χ4v) is 10.8. The van der Waals surface area contributed by atoms with Gasteiger partial charge in [-0.05, 0) is 115 Å². The molecule has 290 valence electrons. The van der Waals surface area contributed by atoms with Crippen LogP contribution in [0, 0.1) is 0 Å². The fraction of sp³-hybridized carbons (Fsp3) is 0.0333. The first kappa shape index (κ1) is 34.9. The zero-order chi connectivity index (χ0) is 40.7. The lowest BCUT2D eigenvalue weighted by atomic mass is 9.88. The molecule has 13 rings (SSSR count). The molecule has 1 aliphatic heterocycles. The van der Waals surface area contributed by atoms with Crippen LogP contribution < -0.4 is 4.90 Å². The highest BCUT2D eigenvalue weighted by molar-refractivity contribution is 6.26. The van der Waals surface area contributed by atoms with Crippen LogP contribution in [0.5, 0.6) is 0 Å². The maximum Gasteiger partial charge on any atom is 0.0629 e. The summed E-state index contributed by atoms with van der Waals surface area (Å²) in [6.07, 6.45) is 9.17. The highest BCUT2D eigenvalue weighted by Gasteiger charge is 2.39. The molecule has 10 aromatic carbocycles. The molecule has 0 spiro atoms. The average molecular weight is 789 g/mol. The van der Waals surface area contributed by atoms with Crippen molar-refractivity contribution < 1.29 is 0 Å². The van der Waals surface area contributed by atoms with Crippen LogP contribution >= 0.6 is 0 Å². The van der Waals surface area contributed by atoms with Crippen LogP contribution in [0.4, 0.5) is 11.4 Å². The fourth-order valence-electron chi connectivity index (χ4n) is 10.8. The minimum absolute atomic E-state index is 0.195. The van der Waals surface area contributed by atoms with Crippen LogP contribution in [0.25, 0.3) is 93.2 Å². The van der Waals surface area contributed by atoms with Gasteiger partial charge in [0.2, 0.25) is 0 Å². The van der Waals surface area contributed by atoms with Gasteiger partial charge in [0.05, 0.1) is 22.8 Å². The molecule has 2 aliphatic rings. The number of nitrogens with zero attached hydrogens (tertiary/aromatic N) is 2. The molecule has 0 saturated carbocycles. The largest absolute Gasteiger partial charge is 0.333 e. The second-order valence-corrected chi connectivity index (χ2v) is 16.8. The predicted octanol–water partition coefficient (Wildman–Crippen LogP) is 16.0. The summed E-state index contributed by atoms with van der Waals surface area (Å²) in [6.45, 7) is 0. The minimum Gasteiger partial charge on any atom is -0.333 e. The highest BCUT2D eigenvalue weighted by atomic mass is 15.2. The zero-order valence-electron chi connectivity index (χ0n) is 34.0. The topological polar surface area (TPSA) is 8.17 Å². The van der Waals surface area contributed by atoms with E-state index in [1.165, 1.54) is 104 Å². The van der Waals surface area contributed by atoms with Gasteiger partial charge in [0.15, 0.2) is 0 Å². The summed E-state index contributed by atoms with van der Waals surface area (Å²) in [5, 5.41) is 10.2. The summed E-state index contributed by atoms with van der Waals surface area (Å²) in [6, 6.07) is 76.7. The van der Waals surface area contributed by atoms with Crippen molar-refractivity contribution in [3.05, 3.63) is 236 Å². The second kappa shape index (κ2) is 13.8. The number of hydrogen-bond donors (Lipinski definition) is 0. The van der Waals surface area contributed by atoms with E-state index in [0.717, 1.165) is 5.69 Å². The van der Waals surface area contributed by atoms with Crippen molar-refractivity contribution in [1.29, 1.82) is 0 Å². The third-order valence-electron chi connectivity index (χ3n) is 13.4. The number of anilines is 2. The van der Waals surface area contributed by atoms with Gasteiger partial charge in [-0.3, -0.25) is 0 Å². The van der Waals surface area contributed by atoms with Gasteiger partial charge in [0.1, 0.15) is 0 Å². The monoisotopic (exact) mass is 788 g/mol. The smallest absolute Gasteiger partial charge is 0.0629 e. The van der Waals surface area contributed by atoms with E-state index in [9.17, 15) is 0 Å². The Labute approximate surface area is 360 Å². The van der Waals surface area contributed by atoms with Crippen LogP contribution in [0.2, 0.25) is 0 Å². The van der Waals surface area contributed by atoms with Gasteiger partial charge in [0.25, 0.3) is 0 Å². The Bertz CT molecular complexity index is 3610. The number of fused-ring (bicyclic) bond motifs is 12. The molecule has 2 heteroatoms. The quantitative estimate of drug-likeness (QED) is 0.158. The lowest BCUT2D eigenvalue weighted by Gasteiger charge is -2.30. The van der Waals surface area contributed by atoms with E-state index in [1.54, 1.807) is 0 Å². The molecule has 11 aromatic rings. The standard InChI is InChI=1S/C60H40N2/c1-3-17-43(18-4-1)61-57-31-13-11-25-52(57)54-29-15-27-45(59(54)61)41-35-40(39-33-34-51-49-23-8-7-21-47(49)48-22-9-10-24-50(48)56(51)38-39)36-42(37-41)46-28-16-30-55-53-26-12-14-32-58(53)62(60(46)55)44-19-5-2-6-20-44/h1-38,52,57H. The Balaban J connectivity index is 1.11. The van der Waals surface area contributed by atoms with Crippen molar-refractivity contribution in [2.24, 2.45) is 0 Å². The number of rotatable bonds is 5. The molecule has 2 nitrogen and oxygen atoms in total. The zero-order valence-corrected chi connectivity index (χ0v) is 34.0. The second-order valence-electron chi connectivity index (χ2n) is 16.8. The number of hydrogen-bond acceptors (Lipinski definition) is 1. The molecule has 0 fully saturated rings. The van der Waals surface area contributed by atoms with Crippen LogP contribution in [-0.4, -0.2) is 10.6 Å². The van der Waals surface area contributed by atoms with Gasteiger partial charge in [-0.15, -0.1) is 0 Å². The molecule has 1 aliphatic carbocycles. The maximum atomic E-state index is 2.57. The van der Waals surface area contributed by atoms with Gasteiger partial charge in [-0.2, -0.15) is 0 Å². The summed E-state index contributed by atoms with van der Waals surface area (Å²) in [5.41, 5.74) is 14.6. The van der Waals surface area contributed by atoms with Crippen molar-refractivity contribution in [1.82, 2.24) is 4.57 Å². The van der Waals surface area contributed by atoms with Gasteiger partial charge in [-0.1, -0.05) is 176 Å². The first-order valence-corrected chi connectivity index (χ1v) is 21.7. The summed E-state index contributed by atoms with van der Waals surface area (Å²) in [5.74, 6) is 0.261. The first-order chi connectivity index (χ1) is 30.8. The molecule has 0 amide bonds. The Morgan fingerprint density at radius 1 is 0.339 bits per heavy atom. The molecule has 2 heterocycles. The Morgan fingerprint density at radius 2 is 0.887 bits per heavy atom. The molecule has 1 aromatic heterocycles. The van der Waals surface area contributed by atoms with Crippen molar-refractivity contribution in [2.75, 3.05) is 4.90 Å². The molecule has 2 atom stereocenters. The third kappa shape index (κ3) is 5.23. The van der Waals surface area contributed by atoms with Gasteiger partial charge in [-0.25, -0.2) is 0 Å². The summed E-state index contributed by atoms with van der Waals surface area (Å²) in [7, 11) is 0. The lowest BCUT2D eigenvalue weighted by molar-refractivity contribution is 0.745. The summed E-state index contributed by atoms with van der Waals surface area (Å²) >= 11 is 0. The molecular weight excluding hydrogens is 749 g/mol. The molecule has 0 N–H and O–H groups in total. The van der Waals surface area contributed by atoms with Gasteiger partial charge >= 0.3 is 0 Å². The van der Waals surface area contributed by atoms with E-state index in [-0.39, 0.29) is 12.0 Å². The lowest BCUT2D eigenvalue weighted by Crippen LogP contribution is -2.28. The molecule has 62 heavy (non-hydrogen) atoms. The Kier molecular flexibility index (Phi) is 7.77. The van der Waals surface area contributed by atoms with Crippen molar-refractivity contribution in [3.8, 4) is 39.1 Å². The molecule has 0 bridgehead atoms. The van der Waals surface area contributed by atoms with Crippen LogP contribution in [0.1, 0.15) is 11.5 Å². The van der Waals surface area contributed by atoms with Gasteiger partial charge < -0.3 is 9.47 Å². The molecule has 0 saturated heterocycles. The highest BCUT2D eigenvalue weighted by Crippen LogP contribution is 2.53. The number of benzene rings is 10. The van der Waals surface area contributed by atoms with Crippen molar-refractivity contribution >= 4 is 65.5 Å². The minimum atomic E-state index is 0.195. The van der Waals surface area contributed by atoms with Crippen molar-refractivity contribution in [2.45, 2.75) is 12.0 Å². The van der Waals surface area contributed by atoms with Crippen LogP contribution in [0.15, 0.2) is 231 Å². The predicted molar refractivity (Wildman–Crippen MR) is 263 cm³/mol. The number of para-hydroxylation sites is 5. The van der Waals surface area contributed by atoms with Crippen LogP contribution in [-0.2, 0) is 0 Å². The third-order valence-corrected chi connectivity index (χ3v) is 13.4. The van der Waals surface area contributed by atoms with E-state index in [4.69, 9.17) is 0 Å². The molecule has 2 unspecified atom stereocenters. The maximum absolute atomic E-state index is 2.57. The van der Waals surface area contributed by atoms with Crippen LogP contribution in [0.3, 0.4) is 0 Å². The molecular formula is C60H40N2. The van der Waals surface area contributed by atoms with E-state index in [0.29, 0.717) is 0 Å². The van der Waals surface area contributed by atoms with E-state index < -0.39 is 0 Å². The number of aromatic nitrogens is 1. The SMILES string of the molecule is C1=CC2c3cccc(-c4cc(-c5ccc6c7ccccc7c7ccccc7c6c5)cc(-c5cccc6c7ccccc7n(-c7ccccc7)c56)c4)c3N(c3ccccc3)C2C=C1. The Morgan fingerprint density at radius 3 is 1.63 bits per heavy atom. The van der Waals surface area contributed by atoms with Crippen molar-refractivity contribution in [3.63, 3.8) is 0 Å². The first-order valence-electron chi connectivity index (χ1n) is 21.7. The van der Waals surface area contributed by atoms with Gasteiger partial charge in [0, 0.05) is 39.2 Å². The summed E-state index contributed by atoms with van der Waals surface area (Å²) in [4.78, 5) is 2.57. The molecule has 0 radical (unpaired) electrons. The van der Waals surface area contributed by atoms with E-state index in [1.807, 2.05) is 0 Å². The Hall–Kier alpha value is -7.94. The number of allylic oxidation sites excluding steroid dienone is 2.